The highest BCUT2D eigenvalue weighted by Gasteiger charge is 1.96. The highest BCUT2D eigenvalue weighted by Crippen LogP contribution is 2.13. The lowest BCUT2D eigenvalue weighted by Crippen LogP contribution is -2.03. The molecule has 0 unspecified atom stereocenters. The van der Waals surface area contributed by atoms with Gasteiger partial charge in [0.05, 0.1) is 0 Å². The predicted molar refractivity (Wildman–Crippen MR) is 67.9 cm³/mol. The van der Waals surface area contributed by atoms with Gasteiger partial charge >= 0.3 is 0 Å². The summed E-state index contributed by atoms with van der Waals surface area (Å²) < 4.78 is 0. The number of hydrogen-bond donors (Lipinski definition) is 2. The molecule has 0 aliphatic rings. The van der Waals surface area contributed by atoms with Gasteiger partial charge in [-0.25, -0.2) is 9.97 Å². The number of thioether (sulfide) groups is 1. The SMILES string of the molecule is CSc1cc(NCCCCCCO)ncn1. The van der Waals surface area contributed by atoms with Crippen molar-refractivity contribution in [2.45, 2.75) is 30.7 Å². The maximum absolute atomic E-state index is 8.62. The van der Waals surface area contributed by atoms with Gasteiger partial charge in [-0.05, 0) is 19.1 Å². The summed E-state index contributed by atoms with van der Waals surface area (Å²) in [6, 6.07) is 1.96. The van der Waals surface area contributed by atoms with Crippen LogP contribution in [0.1, 0.15) is 25.7 Å². The van der Waals surface area contributed by atoms with Crippen molar-refractivity contribution in [2.24, 2.45) is 0 Å². The van der Waals surface area contributed by atoms with E-state index in [2.05, 4.69) is 15.3 Å². The topological polar surface area (TPSA) is 58.0 Å². The molecule has 16 heavy (non-hydrogen) atoms. The van der Waals surface area contributed by atoms with Gasteiger partial charge in [-0.2, -0.15) is 0 Å². The quantitative estimate of drug-likeness (QED) is 0.415. The van der Waals surface area contributed by atoms with Crippen molar-refractivity contribution in [3.8, 4) is 0 Å². The van der Waals surface area contributed by atoms with E-state index in [1.54, 1.807) is 18.1 Å². The second-order valence-electron chi connectivity index (χ2n) is 3.51. The highest BCUT2D eigenvalue weighted by atomic mass is 32.2. The summed E-state index contributed by atoms with van der Waals surface area (Å²) >= 11 is 1.61. The van der Waals surface area contributed by atoms with Crippen molar-refractivity contribution in [1.29, 1.82) is 0 Å². The normalized spacial score (nSPS) is 10.4. The lowest BCUT2D eigenvalue weighted by molar-refractivity contribution is 0.283. The molecule has 1 aromatic heterocycles. The third-order valence-corrected chi connectivity index (χ3v) is 2.88. The van der Waals surface area contributed by atoms with E-state index in [-0.39, 0.29) is 0 Å². The molecule has 0 saturated heterocycles. The van der Waals surface area contributed by atoms with Crippen LogP contribution in [-0.2, 0) is 0 Å². The first-order chi connectivity index (χ1) is 7.86. The third-order valence-electron chi connectivity index (χ3n) is 2.24. The smallest absolute Gasteiger partial charge is 0.130 e. The summed E-state index contributed by atoms with van der Waals surface area (Å²) in [6.45, 7) is 1.23. The van der Waals surface area contributed by atoms with E-state index in [1.165, 1.54) is 0 Å². The summed E-state index contributed by atoms with van der Waals surface area (Å²) in [5, 5.41) is 12.9. The molecule has 1 aromatic rings. The second kappa shape index (κ2) is 8.35. The van der Waals surface area contributed by atoms with Crippen LogP contribution in [0.5, 0.6) is 0 Å². The van der Waals surface area contributed by atoms with Crippen molar-refractivity contribution in [3.63, 3.8) is 0 Å². The van der Waals surface area contributed by atoms with E-state index in [0.29, 0.717) is 6.61 Å². The van der Waals surface area contributed by atoms with Gasteiger partial charge in [0.1, 0.15) is 17.2 Å². The van der Waals surface area contributed by atoms with Gasteiger partial charge in [-0.1, -0.05) is 12.8 Å². The van der Waals surface area contributed by atoms with Crippen LogP contribution in [0.3, 0.4) is 0 Å². The first-order valence-electron chi connectivity index (χ1n) is 5.57. The number of anilines is 1. The van der Waals surface area contributed by atoms with Crippen LogP contribution in [0, 0.1) is 0 Å². The fraction of sp³-hybridized carbons (Fsp3) is 0.636. The Morgan fingerprint density at radius 3 is 2.81 bits per heavy atom. The van der Waals surface area contributed by atoms with Gasteiger partial charge in [0, 0.05) is 19.2 Å². The van der Waals surface area contributed by atoms with Gasteiger partial charge in [0.25, 0.3) is 0 Å². The van der Waals surface area contributed by atoms with Gasteiger partial charge < -0.3 is 10.4 Å². The van der Waals surface area contributed by atoms with Crippen LogP contribution in [0.4, 0.5) is 5.82 Å². The van der Waals surface area contributed by atoms with Gasteiger partial charge in [-0.3, -0.25) is 0 Å². The average Bonchev–Trinajstić information content (AvgIpc) is 2.34. The molecule has 1 heterocycles. The Morgan fingerprint density at radius 2 is 2.06 bits per heavy atom. The predicted octanol–water partition coefficient (Wildman–Crippen LogP) is 2.16. The maximum Gasteiger partial charge on any atom is 0.130 e. The number of aliphatic hydroxyl groups is 1. The Hall–Kier alpha value is -0.810. The first kappa shape index (κ1) is 13.3. The molecule has 2 N–H and O–H groups in total. The molecule has 5 heteroatoms. The molecule has 90 valence electrons. The molecular formula is C11H19N3OS. The van der Waals surface area contributed by atoms with Crippen LogP contribution in [0.15, 0.2) is 17.4 Å². The number of nitrogens with one attached hydrogen (secondary N) is 1. The number of unbranched alkanes of at least 4 members (excludes halogenated alkanes) is 3. The molecule has 0 radical (unpaired) electrons. The Labute approximate surface area is 101 Å². The van der Waals surface area contributed by atoms with Crippen molar-refractivity contribution in [2.75, 3.05) is 24.7 Å². The van der Waals surface area contributed by atoms with Crippen LogP contribution in [-0.4, -0.2) is 34.5 Å². The summed E-state index contributed by atoms with van der Waals surface area (Å²) in [7, 11) is 0. The van der Waals surface area contributed by atoms with Crippen LogP contribution in [0.25, 0.3) is 0 Å². The van der Waals surface area contributed by atoms with Crippen LogP contribution >= 0.6 is 11.8 Å². The summed E-state index contributed by atoms with van der Waals surface area (Å²) in [5.74, 6) is 0.890. The molecule has 0 aliphatic heterocycles. The zero-order chi connectivity index (χ0) is 11.6. The summed E-state index contributed by atoms with van der Waals surface area (Å²) in [6.07, 6.45) is 7.84. The van der Waals surface area contributed by atoms with E-state index in [0.717, 1.165) is 43.1 Å². The monoisotopic (exact) mass is 241 g/mol. The first-order valence-corrected chi connectivity index (χ1v) is 6.80. The van der Waals surface area contributed by atoms with Gasteiger partial charge in [0.2, 0.25) is 0 Å². The van der Waals surface area contributed by atoms with E-state index in [9.17, 15) is 0 Å². The van der Waals surface area contributed by atoms with Crippen molar-refractivity contribution in [3.05, 3.63) is 12.4 Å². The summed E-state index contributed by atoms with van der Waals surface area (Å²) in [4.78, 5) is 8.26. The zero-order valence-corrected chi connectivity index (χ0v) is 10.5. The number of aliphatic hydroxyl groups excluding tert-OH is 1. The molecule has 0 saturated carbocycles. The fourth-order valence-electron chi connectivity index (χ4n) is 1.35. The minimum absolute atomic E-state index is 0.302. The Bertz CT molecular complexity index is 296. The Balaban J connectivity index is 2.16. The number of rotatable bonds is 8. The molecule has 1 rings (SSSR count). The Kier molecular flexibility index (Phi) is 6.92. The number of nitrogens with zero attached hydrogens (tertiary/aromatic N) is 2. The standard InChI is InChI=1S/C11H19N3OS/c1-16-11-8-10(13-9-14-11)12-6-4-2-3-5-7-15/h8-9,15H,2-7H2,1H3,(H,12,13,14). The minimum Gasteiger partial charge on any atom is -0.396 e. The van der Waals surface area contributed by atoms with E-state index in [1.807, 2.05) is 12.3 Å². The molecule has 0 spiro atoms. The van der Waals surface area contributed by atoms with Gasteiger partial charge in [-0.15, -0.1) is 11.8 Å². The third kappa shape index (κ3) is 5.32. The molecule has 0 atom stereocenters. The fourth-order valence-corrected chi connectivity index (χ4v) is 1.74. The van der Waals surface area contributed by atoms with Crippen LogP contribution in [0.2, 0.25) is 0 Å². The highest BCUT2D eigenvalue weighted by molar-refractivity contribution is 7.98. The molecule has 0 amide bonds. The largest absolute Gasteiger partial charge is 0.396 e. The summed E-state index contributed by atoms with van der Waals surface area (Å²) in [5.41, 5.74) is 0. The number of aromatic nitrogens is 2. The van der Waals surface area contributed by atoms with Crippen molar-refractivity contribution >= 4 is 17.6 Å². The molecule has 0 aromatic carbocycles. The molecule has 0 bridgehead atoms. The second-order valence-corrected chi connectivity index (χ2v) is 4.34. The Morgan fingerprint density at radius 1 is 1.25 bits per heavy atom. The number of hydrogen-bond acceptors (Lipinski definition) is 5. The van der Waals surface area contributed by atoms with Gasteiger partial charge in [0.15, 0.2) is 0 Å². The minimum atomic E-state index is 0.302. The van der Waals surface area contributed by atoms with E-state index in [4.69, 9.17) is 5.11 Å². The maximum atomic E-state index is 8.62. The van der Waals surface area contributed by atoms with E-state index >= 15 is 0 Å². The van der Waals surface area contributed by atoms with Crippen molar-refractivity contribution < 1.29 is 5.11 Å². The average molecular weight is 241 g/mol. The molecule has 0 aliphatic carbocycles. The van der Waals surface area contributed by atoms with Crippen LogP contribution < -0.4 is 5.32 Å². The van der Waals surface area contributed by atoms with E-state index < -0.39 is 0 Å². The molecule has 0 fully saturated rings. The lowest BCUT2D eigenvalue weighted by atomic mass is 10.2. The molecule has 4 nitrogen and oxygen atoms in total. The zero-order valence-electron chi connectivity index (χ0n) is 9.65. The lowest BCUT2D eigenvalue weighted by Gasteiger charge is -2.05. The van der Waals surface area contributed by atoms with Crippen molar-refractivity contribution in [1.82, 2.24) is 9.97 Å². The molecular weight excluding hydrogens is 222 g/mol.